The molecule has 4 aromatic heterocycles. The molecular formula is C60H50BBr3N6O2. The Bertz CT molecular complexity index is 3250. The van der Waals surface area contributed by atoms with Crippen molar-refractivity contribution in [1.82, 2.24) is 29.9 Å². The molecular weight excluding hydrogens is 1090 g/mol. The topological polar surface area (TPSA) is 95.8 Å². The number of halogens is 3. The minimum atomic E-state index is -0.302. The van der Waals surface area contributed by atoms with Gasteiger partial charge in [0.1, 0.15) is 0 Å². The lowest BCUT2D eigenvalue weighted by Gasteiger charge is -2.32. The van der Waals surface area contributed by atoms with E-state index < -0.39 is 0 Å². The molecule has 6 aromatic carbocycles. The SMILES string of the molecule is Brc1cc(-c2cccnc2)cc(-c2cc(-c3ccccc3)nc(-c3ccccc3)n2)c1.Brc1cc(Br)cc(-c2cc(-c3ccccc3)nc(-c3ccccc3)n2)c1.CC1(C)OB(c2cccnc2)OC1(C)C.[2HH]. The summed E-state index contributed by atoms with van der Waals surface area (Å²) in [5, 5.41) is 0. The molecule has 12 heteroatoms. The Balaban J connectivity index is 0.000000153. The van der Waals surface area contributed by atoms with Gasteiger partial charge in [0, 0.05) is 84.0 Å². The summed E-state index contributed by atoms with van der Waals surface area (Å²) < 4.78 is 14.8. The van der Waals surface area contributed by atoms with Gasteiger partial charge in [-0.15, -0.1) is 0 Å². The summed E-state index contributed by atoms with van der Waals surface area (Å²) in [6, 6.07) is 65.0. The fraction of sp³-hybridized carbons (Fsp3) is 0.100. The summed E-state index contributed by atoms with van der Waals surface area (Å²) in [7, 11) is -0.302. The smallest absolute Gasteiger partial charge is 0.399 e. The summed E-state index contributed by atoms with van der Waals surface area (Å²) in [6.45, 7) is 8.18. The van der Waals surface area contributed by atoms with Crippen LogP contribution in [0.2, 0.25) is 0 Å². The second kappa shape index (κ2) is 22.7. The van der Waals surface area contributed by atoms with Crippen molar-refractivity contribution in [2.45, 2.75) is 38.9 Å². The van der Waals surface area contributed by atoms with Gasteiger partial charge in [-0.05, 0) is 93.9 Å². The Morgan fingerprint density at radius 2 is 0.722 bits per heavy atom. The van der Waals surface area contributed by atoms with E-state index in [1.165, 1.54) is 0 Å². The minimum absolute atomic E-state index is 0. The highest BCUT2D eigenvalue weighted by molar-refractivity contribution is 9.11. The third-order valence-electron chi connectivity index (χ3n) is 12.2. The maximum atomic E-state index is 5.89. The third kappa shape index (κ3) is 12.4. The number of hydrogen-bond donors (Lipinski definition) is 0. The van der Waals surface area contributed by atoms with Gasteiger partial charge in [0.2, 0.25) is 0 Å². The molecule has 5 heterocycles. The van der Waals surface area contributed by atoms with Crippen molar-refractivity contribution in [3.05, 3.63) is 232 Å². The lowest BCUT2D eigenvalue weighted by Crippen LogP contribution is -2.41. The molecule has 0 bridgehead atoms. The predicted octanol–water partition coefficient (Wildman–Crippen LogP) is 15.9. The first kappa shape index (κ1) is 50.2. The van der Waals surface area contributed by atoms with Crippen LogP contribution >= 0.6 is 47.8 Å². The first-order chi connectivity index (χ1) is 34.9. The van der Waals surface area contributed by atoms with E-state index in [1.807, 2.05) is 161 Å². The van der Waals surface area contributed by atoms with Crippen molar-refractivity contribution < 1.29 is 10.7 Å². The second-order valence-corrected chi connectivity index (χ2v) is 20.6. The van der Waals surface area contributed by atoms with Crippen LogP contribution in [0.15, 0.2) is 232 Å². The molecule has 0 radical (unpaired) electrons. The van der Waals surface area contributed by atoms with Crippen molar-refractivity contribution >= 4 is 60.4 Å². The molecule has 0 unspecified atom stereocenters. The Morgan fingerprint density at radius 1 is 0.361 bits per heavy atom. The molecule has 1 saturated heterocycles. The molecule has 72 heavy (non-hydrogen) atoms. The van der Waals surface area contributed by atoms with E-state index in [1.54, 1.807) is 18.6 Å². The largest absolute Gasteiger partial charge is 0.496 e. The van der Waals surface area contributed by atoms with Crippen LogP contribution in [-0.4, -0.2) is 48.2 Å². The highest BCUT2D eigenvalue weighted by Crippen LogP contribution is 2.37. The molecule has 0 N–H and O–H groups in total. The lowest BCUT2D eigenvalue weighted by molar-refractivity contribution is 0.00578. The number of rotatable bonds is 8. The molecule has 10 aromatic rings. The van der Waals surface area contributed by atoms with E-state index in [0.29, 0.717) is 5.82 Å². The standard InChI is InChI=1S/C27H18BrN3.C22H14Br2N2.C11H16BNO2.H2/c28-24-15-22(21-12-7-13-29-18-21)14-23(16-24)26-17-25(19-8-3-1-4-9-19)30-27(31-26)20-10-5-2-6-11-20;23-18-11-17(12-19(24)13-18)21-14-20(15-7-3-1-4-8-15)25-22(26-21)16-9-5-2-6-10-16;1-10(2)11(3,4)15-12(14-10)9-6-5-7-13-8-9;/h1-18H;1-14H;5-8H,1-4H3;1H/i;;;1+1. The van der Waals surface area contributed by atoms with Gasteiger partial charge in [-0.3, -0.25) is 9.97 Å². The molecule has 0 saturated carbocycles. The van der Waals surface area contributed by atoms with Gasteiger partial charge in [0.15, 0.2) is 11.6 Å². The molecule has 8 nitrogen and oxygen atoms in total. The molecule has 0 amide bonds. The van der Waals surface area contributed by atoms with Gasteiger partial charge < -0.3 is 9.31 Å². The molecule has 1 aliphatic rings. The Kier molecular flexibility index (Phi) is 15.8. The van der Waals surface area contributed by atoms with Crippen LogP contribution in [0.4, 0.5) is 0 Å². The van der Waals surface area contributed by atoms with Crippen molar-refractivity contribution in [3.63, 3.8) is 0 Å². The summed E-state index contributed by atoms with van der Waals surface area (Å²) in [5.74, 6) is 1.43. The minimum Gasteiger partial charge on any atom is -0.399 e. The quantitative estimate of drug-likeness (QED) is 0.139. The van der Waals surface area contributed by atoms with E-state index in [0.717, 1.165) is 92.0 Å². The molecule has 11 rings (SSSR count). The molecule has 0 aliphatic carbocycles. The third-order valence-corrected chi connectivity index (χ3v) is 13.6. The monoisotopic (exact) mass is 1140 g/mol. The zero-order chi connectivity index (χ0) is 50.1. The van der Waals surface area contributed by atoms with Crippen LogP contribution in [0, 0.1) is 0 Å². The Morgan fingerprint density at radius 3 is 1.14 bits per heavy atom. The van der Waals surface area contributed by atoms with Gasteiger partial charge in [-0.1, -0.05) is 181 Å². The van der Waals surface area contributed by atoms with Gasteiger partial charge >= 0.3 is 7.12 Å². The van der Waals surface area contributed by atoms with Crippen molar-refractivity contribution in [2.75, 3.05) is 0 Å². The van der Waals surface area contributed by atoms with Gasteiger partial charge in [-0.2, -0.15) is 0 Å². The summed E-state index contributed by atoms with van der Waals surface area (Å²) >= 11 is 10.8. The average molecular weight is 1140 g/mol. The van der Waals surface area contributed by atoms with Gasteiger partial charge in [-0.25, -0.2) is 19.9 Å². The number of aromatic nitrogens is 6. The van der Waals surface area contributed by atoms with Crippen LogP contribution < -0.4 is 5.46 Å². The van der Waals surface area contributed by atoms with E-state index in [4.69, 9.17) is 29.2 Å². The van der Waals surface area contributed by atoms with Crippen LogP contribution in [0.3, 0.4) is 0 Å². The highest BCUT2D eigenvalue weighted by atomic mass is 79.9. The van der Waals surface area contributed by atoms with Crippen LogP contribution in [0.25, 0.3) is 78.9 Å². The number of pyridine rings is 2. The summed E-state index contributed by atoms with van der Waals surface area (Å²) in [4.78, 5) is 27.8. The molecule has 356 valence electrons. The zero-order valence-electron chi connectivity index (χ0n) is 40.0. The number of nitrogens with zero attached hydrogens (tertiary/aromatic N) is 6. The van der Waals surface area contributed by atoms with Gasteiger partial charge in [0.05, 0.1) is 34.0 Å². The van der Waals surface area contributed by atoms with Crippen molar-refractivity contribution in [3.8, 4) is 78.9 Å². The molecule has 1 fully saturated rings. The van der Waals surface area contributed by atoms with Crippen LogP contribution in [-0.2, 0) is 9.31 Å². The fourth-order valence-corrected chi connectivity index (χ4v) is 9.56. The van der Waals surface area contributed by atoms with Crippen LogP contribution in [0.1, 0.15) is 29.1 Å². The molecule has 0 spiro atoms. The maximum absolute atomic E-state index is 5.89. The number of benzene rings is 6. The van der Waals surface area contributed by atoms with Crippen LogP contribution in [0.5, 0.6) is 0 Å². The predicted molar refractivity (Wildman–Crippen MR) is 305 cm³/mol. The normalized spacial score (nSPS) is 13.3. The molecule has 0 atom stereocenters. The first-order valence-electron chi connectivity index (χ1n) is 23.3. The fourth-order valence-electron chi connectivity index (χ4n) is 7.77. The summed E-state index contributed by atoms with van der Waals surface area (Å²) in [5.41, 5.74) is 12.3. The van der Waals surface area contributed by atoms with E-state index in [2.05, 4.69) is 124 Å². The lowest BCUT2D eigenvalue weighted by atomic mass is 9.80. The van der Waals surface area contributed by atoms with Gasteiger partial charge in [0.25, 0.3) is 0 Å². The highest BCUT2D eigenvalue weighted by Gasteiger charge is 2.51. The van der Waals surface area contributed by atoms with E-state index in [-0.39, 0.29) is 19.7 Å². The van der Waals surface area contributed by atoms with Crippen molar-refractivity contribution in [2.24, 2.45) is 0 Å². The Hall–Kier alpha value is -6.80. The summed E-state index contributed by atoms with van der Waals surface area (Å²) in [6.07, 6.45) is 7.18. The van der Waals surface area contributed by atoms with E-state index in [9.17, 15) is 0 Å². The molecule has 1 aliphatic heterocycles. The first-order valence-corrected chi connectivity index (χ1v) is 25.7. The zero-order valence-corrected chi connectivity index (χ0v) is 44.8. The van der Waals surface area contributed by atoms with E-state index >= 15 is 0 Å². The average Bonchev–Trinajstić information content (AvgIpc) is 3.65. The maximum Gasteiger partial charge on any atom is 0.496 e. The second-order valence-electron chi connectivity index (χ2n) is 17.9. The Labute approximate surface area is 448 Å². The van der Waals surface area contributed by atoms with Crippen molar-refractivity contribution in [1.29, 1.82) is 0 Å². The number of hydrogen-bond acceptors (Lipinski definition) is 8.